The van der Waals surface area contributed by atoms with Gasteiger partial charge >= 0.3 is 0 Å². The van der Waals surface area contributed by atoms with E-state index in [-0.39, 0.29) is 11.4 Å². The van der Waals surface area contributed by atoms with E-state index in [4.69, 9.17) is 0 Å². The number of nitrogens with zero attached hydrogens (tertiary/aromatic N) is 3. The number of aromatic nitrogens is 1. The van der Waals surface area contributed by atoms with E-state index in [1.807, 2.05) is 30.3 Å². The third kappa shape index (κ3) is 3.53. The van der Waals surface area contributed by atoms with Crippen molar-refractivity contribution in [3.63, 3.8) is 0 Å². The molecule has 2 N–H and O–H groups in total. The Kier molecular flexibility index (Phi) is 4.69. The van der Waals surface area contributed by atoms with E-state index in [0.717, 1.165) is 10.8 Å². The molecule has 1 heterocycles. The van der Waals surface area contributed by atoms with Crippen molar-refractivity contribution in [2.75, 3.05) is 5.43 Å². The van der Waals surface area contributed by atoms with Gasteiger partial charge in [0.2, 0.25) is 5.13 Å². The monoisotopic (exact) mass is 390 g/mol. The summed E-state index contributed by atoms with van der Waals surface area (Å²) in [6.45, 7) is 0. The molecule has 28 heavy (non-hydrogen) atoms. The van der Waals surface area contributed by atoms with Gasteiger partial charge in [0, 0.05) is 28.6 Å². The number of aromatic hydroxyl groups is 1. The Balaban J connectivity index is 1.55. The fourth-order valence-corrected chi connectivity index (χ4v) is 3.48. The summed E-state index contributed by atoms with van der Waals surface area (Å²) in [7, 11) is 0. The number of nitro benzene ring substituents is 1. The van der Waals surface area contributed by atoms with Gasteiger partial charge in [0.1, 0.15) is 5.75 Å². The average molecular weight is 390 g/mol. The minimum Gasteiger partial charge on any atom is -0.507 e. The standard InChI is InChI=1S/C20H14N4O3S/c25-19-9-8-13-4-1-2-7-16(13)17(19)11-21-23-20-22-18(12-28-20)14-5-3-6-15(10-14)24(26)27/h1-12,25H,(H,22,23)/b21-11-. The van der Waals surface area contributed by atoms with E-state index in [9.17, 15) is 15.2 Å². The van der Waals surface area contributed by atoms with Crippen molar-refractivity contribution in [2.24, 2.45) is 5.10 Å². The predicted octanol–water partition coefficient (Wildman–Crippen LogP) is 5.02. The second kappa shape index (κ2) is 7.45. The Morgan fingerprint density at radius 2 is 2.00 bits per heavy atom. The molecule has 4 rings (SSSR count). The number of phenols is 1. The van der Waals surface area contributed by atoms with E-state index >= 15 is 0 Å². The number of nitro groups is 1. The van der Waals surface area contributed by atoms with Crippen LogP contribution in [0.15, 0.2) is 71.1 Å². The zero-order chi connectivity index (χ0) is 19.5. The molecule has 0 spiro atoms. The highest BCUT2D eigenvalue weighted by Crippen LogP contribution is 2.28. The topological polar surface area (TPSA) is 101 Å². The highest BCUT2D eigenvalue weighted by atomic mass is 32.1. The van der Waals surface area contributed by atoms with Crippen LogP contribution < -0.4 is 5.43 Å². The van der Waals surface area contributed by atoms with Crippen LogP contribution in [0, 0.1) is 10.1 Å². The molecular formula is C20H14N4O3S. The van der Waals surface area contributed by atoms with Gasteiger partial charge in [-0.05, 0) is 16.8 Å². The maximum Gasteiger partial charge on any atom is 0.270 e. The van der Waals surface area contributed by atoms with Crippen molar-refractivity contribution >= 4 is 39.1 Å². The molecule has 4 aromatic rings. The van der Waals surface area contributed by atoms with Crippen LogP contribution in [0.5, 0.6) is 5.75 Å². The molecule has 0 saturated carbocycles. The maximum atomic E-state index is 10.9. The molecule has 7 nitrogen and oxygen atoms in total. The maximum absolute atomic E-state index is 10.9. The highest BCUT2D eigenvalue weighted by Gasteiger charge is 2.10. The van der Waals surface area contributed by atoms with E-state index < -0.39 is 4.92 Å². The van der Waals surface area contributed by atoms with Crippen LogP contribution >= 0.6 is 11.3 Å². The number of hydrogen-bond donors (Lipinski definition) is 2. The van der Waals surface area contributed by atoms with E-state index in [0.29, 0.717) is 22.0 Å². The van der Waals surface area contributed by atoms with E-state index in [1.165, 1.54) is 23.5 Å². The van der Waals surface area contributed by atoms with Crippen molar-refractivity contribution in [1.29, 1.82) is 0 Å². The molecule has 0 aliphatic carbocycles. The number of thiazole rings is 1. The first kappa shape index (κ1) is 17.6. The lowest BCUT2D eigenvalue weighted by molar-refractivity contribution is -0.384. The number of hydrazone groups is 1. The lowest BCUT2D eigenvalue weighted by Gasteiger charge is -2.04. The van der Waals surface area contributed by atoms with E-state index in [2.05, 4.69) is 15.5 Å². The van der Waals surface area contributed by atoms with Crippen molar-refractivity contribution in [3.05, 3.63) is 81.7 Å². The lowest BCUT2D eigenvalue weighted by atomic mass is 10.0. The van der Waals surface area contributed by atoms with Crippen LogP contribution in [-0.4, -0.2) is 21.2 Å². The van der Waals surface area contributed by atoms with Gasteiger partial charge in [-0.1, -0.05) is 42.5 Å². The number of anilines is 1. The summed E-state index contributed by atoms with van der Waals surface area (Å²) in [6, 6.07) is 17.5. The zero-order valence-corrected chi connectivity index (χ0v) is 15.3. The minimum absolute atomic E-state index is 0.0180. The number of hydrogen-bond acceptors (Lipinski definition) is 7. The quantitative estimate of drug-likeness (QED) is 0.283. The molecule has 0 saturated heterocycles. The zero-order valence-electron chi connectivity index (χ0n) is 14.4. The molecule has 0 radical (unpaired) electrons. The van der Waals surface area contributed by atoms with Gasteiger partial charge < -0.3 is 5.11 Å². The third-order valence-electron chi connectivity index (χ3n) is 4.16. The molecule has 0 aliphatic rings. The van der Waals surface area contributed by atoms with Crippen molar-refractivity contribution in [3.8, 4) is 17.0 Å². The molecule has 3 aromatic carbocycles. The number of fused-ring (bicyclic) bond motifs is 1. The molecule has 0 atom stereocenters. The van der Waals surface area contributed by atoms with Gasteiger partial charge in [-0.25, -0.2) is 4.98 Å². The fourth-order valence-electron chi connectivity index (χ4n) is 2.81. The average Bonchev–Trinajstić information content (AvgIpc) is 3.19. The smallest absolute Gasteiger partial charge is 0.270 e. The van der Waals surface area contributed by atoms with E-state index in [1.54, 1.807) is 29.8 Å². The molecule has 8 heteroatoms. The highest BCUT2D eigenvalue weighted by molar-refractivity contribution is 7.14. The summed E-state index contributed by atoms with van der Waals surface area (Å²) in [5.74, 6) is 0.140. The molecular weight excluding hydrogens is 376 g/mol. The molecule has 0 bridgehead atoms. The van der Waals surface area contributed by atoms with Crippen LogP contribution in [0.1, 0.15) is 5.56 Å². The fraction of sp³-hybridized carbons (Fsp3) is 0. The first-order chi connectivity index (χ1) is 13.6. The lowest BCUT2D eigenvalue weighted by Crippen LogP contribution is -1.92. The van der Waals surface area contributed by atoms with Gasteiger partial charge in [-0.2, -0.15) is 5.10 Å². The molecule has 0 unspecified atom stereocenters. The summed E-state index contributed by atoms with van der Waals surface area (Å²) >= 11 is 1.33. The predicted molar refractivity (Wildman–Crippen MR) is 111 cm³/mol. The Labute approximate surface area is 163 Å². The number of benzene rings is 3. The van der Waals surface area contributed by atoms with Crippen LogP contribution in [0.3, 0.4) is 0 Å². The first-order valence-corrected chi connectivity index (χ1v) is 9.20. The van der Waals surface area contributed by atoms with Gasteiger partial charge in [-0.3, -0.25) is 15.5 Å². The minimum atomic E-state index is -0.435. The molecule has 138 valence electrons. The van der Waals surface area contributed by atoms with Gasteiger partial charge in [-0.15, -0.1) is 11.3 Å². The molecule has 0 fully saturated rings. The van der Waals surface area contributed by atoms with Gasteiger partial charge in [0.05, 0.1) is 16.8 Å². The Hall–Kier alpha value is -3.78. The summed E-state index contributed by atoms with van der Waals surface area (Å²) < 4.78 is 0. The molecule has 0 amide bonds. The molecule has 1 aromatic heterocycles. The second-order valence-corrected chi connectivity index (χ2v) is 6.79. The van der Waals surface area contributed by atoms with Crippen LogP contribution in [0.4, 0.5) is 10.8 Å². The number of rotatable bonds is 5. The van der Waals surface area contributed by atoms with Gasteiger partial charge in [0.15, 0.2) is 0 Å². The summed E-state index contributed by atoms with van der Waals surface area (Å²) in [5, 5.41) is 29.5. The van der Waals surface area contributed by atoms with Crippen LogP contribution in [0.2, 0.25) is 0 Å². The summed E-state index contributed by atoms with van der Waals surface area (Å²) in [4.78, 5) is 14.9. The summed E-state index contributed by atoms with van der Waals surface area (Å²) in [6.07, 6.45) is 1.55. The third-order valence-corrected chi connectivity index (χ3v) is 4.91. The van der Waals surface area contributed by atoms with Crippen LogP contribution in [-0.2, 0) is 0 Å². The Morgan fingerprint density at radius 1 is 1.14 bits per heavy atom. The largest absolute Gasteiger partial charge is 0.507 e. The number of non-ortho nitro benzene ring substituents is 1. The number of phenolic OH excluding ortho intramolecular Hbond substituents is 1. The first-order valence-electron chi connectivity index (χ1n) is 8.32. The van der Waals surface area contributed by atoms with Crippen molar-refractivity contribution in [1.82, 2.24) is 4.98 Å². The summed E-state index contributed by atoms with van der Waals surface area (Å²) in [5.41, 5.74) is 4.76. The normalized spacial score (nSPS) is 11.1. The van der Waals surface area contributed by atoms with Crippen LogP contribution in [0.25, 0.3) is 22.0 Å². The molecule has 0 aliphatic heterocycles. The second-order valence-electron chi connectivity index (χ2n) is 5.93. The van der Waals surface area contributed by atoms with Crippen molar-refractivity contribution in [2.45, 2.75) is 0 Å². The Morgan fingerprint density at radius 3 is 2.86 bits per heavy atom. The Bertz CT molecular complexity index is 1200. The van der Waals surface area contributed by atoms with Gasteiger partial charge in [0.25, 0.3) is 5.69 Å². The SMILES string of the molecule is O=[N+]([O-])c1cccc(-c2csc(N/N=C\c3c(O)ccc4ccccc34)n2)c1. The van der Waals surface area contributed by atoms with Crippen molar-refractivity contribution < 1.29 is 10.0 Å². The number of nitrogens with one attached hydrogen (secondary N) is 1.